The fourth-order valence-corrected chi connectivity index (χ4v) is 2.19. The number of benzene rings is 1. The number of hydrogen-bond acceptors (Lipinski definition) is 2. The molecule has 0 heterocycles. The Balaban J connectivity index is 2.61. The molecule has 0 amide bonds. The van der Waals surface area contributed by atoms with Crippen LogP contribution in [-0.4, -0.2) is 20.2 Å². The average molecular weight is 299 g/mol. The van der Waals surface area contributed by atoms with Crippen molar-refractivity contribution in [1.82, 2.24) is 5.32 Å². The van der Waals surface area contributed by atoms with Crippen LogP contribution >= 0.6 is 0 Å². The third kappa shape index (κ3) is 6.00. The number of ether oxygens (including phenoxy) is 1. The van der Waals surface area contributed by atoms with Crippen LogP contribution in [0.15, 0.2) is 12.1 Å². The van der Waals surface area contributed by atoms with Gasteiger partial charge in [-0.05, 0) is 30.7 Å². The molecule has 1 aromatic carbocycles. The maximum Gasteiger partial charge on any atom is 0.133 e. The molecule has 1 rings (SSSR count). The first-order chi connectivity index (χ1) is 9.75. The number of halogens is 2. The zero-order valence-electron chi connectivity index (χ0n) is 13.7. The average Bonchev–Trinajstić information content (AvgIpc) is 2.36. The van der Waals surface area contributed by atoms with E-state index in [0.717, 1.165) is 19.5 Å². The van der Waals surface area contributed by atoms with Crippen molar-refractivity contribution < 1.29 is 13.5 Å². The zero-order chi connectivity index (χ0) is 16.0. The summed E-state index contributed by atoms with van der Waals surface area (Å²) in [5.74, 6) is -0.250. The second kappa shape index (κ2) is 7.74. The first-order valence-corrected chi connectivity index (χ1v) is 7.48. The molecule has 0 atom stereocenters. The van der Waals surface area contributed by atoms with Crippen molar-refractivity contribution in [2.75, 3.05) is 20.2 Å². The van der Waals surface area contributed by atoms with Crippen molar-refractivity contribution in [3.8, 4) is 5.75 Å². The summed E-state index contributed by atoms with van der Waals surface area (Å²) in [4.78, 5) is 0. The molecule has 0 bridgehead atoms. The van der Waals surface area contributed by atoms with Crippen LogP contribution in [0.3, 0.4) is 0 Å². The quantitative estimate of drug-likeness (QED) is 0.777. The molecule has 1 aromatic rings. The normalized spacial score (nSPS) is 12.0. The topological polar surface area (TPSA) is 21.3 Å². The molecule has 0 radical (unpaired) electrons. The molecule has 120 valence electrons. The Morgan fingerprint density at radius 3 is 2.24 bits per heavy atom. The van der Waals surface area contributed by atoms with Gasteiger partial charge in [-0.15, -0.1) is 0 Å². The van der Waals surface area contributed by atoms with E-state index in [9.17, 15) is 8.78 Å². The molecule has 0 saturated heterocycles. The van der Waals surface area contributed by atoms with E-state index in [1.54, 1.807) is 0 Å². The Morgan fingerprint density at radius 2 is 1.76 bits per heavy atom. The molecule has 0 unspecified atom stereocenters. The maximum absolute atomic E-state index is 13.9. The smallest absolute Gasteiger partial charge is 0.133 e. The first kappa shape index (κ1) is 17.9. The van der Waals surface area contributed by atoms with Gasteiger partial charge in [0.25, 0.3) is 0 Å². The largest absolute Gasteiger partial charge is 0.497 e. The molecule has 21 heavy (non-hydrogen) atoms. The van der Waals surface area contributed by atoms with Crippen LogP contribution in [0.5, 0.6) is 5.75 Å². The van der Waals surface area contributed by atoms with E-state index in [-0.39, 0.29) is 16.7 Å². The summed E-state index contributed by atoms with van der Waals surface area (Å²) in [5.41, 5.74) is 0.140. The molecular weight excluding hydrogens is 272 g/mol. The SMILES string of the molecule is COc1cc(F)c(CCC(C)(C)CNCC(C)C)c(F)c1. The lowest BCUT2D eigenvalue weighted by Gasteiger charge is -2.26. The standard InChI is InChI=1S/C17H27F2NO/c1-12(2)10-20-11-17(3,4)7-6-14-15(18)8-13(21-5)9-16(14)19/h8-9,12,20H,6-7,10-11H2,1-5H3. The van der Waals surface area contributed by atoms with Gasteiger partial charge in [-0.3, -0.25) is 0 Å². The number of nitrogens with one attached hydrogen (secondary N) is 1. The van der Waals surface area contributed by atoms with Crippen molar-refractivity contribution >= 4 is 0 Å². The maximum atomic E-state index is 13.9. The van der Waals surface area contributed by atoms with Gasteiger partial charge in [0, 0.05) is 24.2 Å². The van der Waals surface area contributed by atoms with E-state index < -0.39 is 11.6 Å². The summed E-state index contributed by atoms with van der Waals surface area (Å²) >= 11 is 0. The minimum atomic E-state index is -0.530. The Bertz CT molecular complexity index is 435. The van der Waals surface area contributed by atoms with Gasteiger partial charge in [0.2, 0.25) is 0 Å². The molecule has 0 fully saturated rings. The van der Waals surface area contributed by atoms with E-state index in [1.165, 1.54) is 19.2 Å². The molecule has 0 aromatic heterocycles. The van der Waals surface area contributed by atoms with Crippen molar-refractivity contribution in [3.05, 3.63) is 29.3 Å². The summed E-state index contributed by atoms with van der Waals surface area (Å²) in [7, 11) is 1.40. The molecule has 0 spiro atoms. The fraction of sp³-hybridized carbons (Fsp3) is 0.647. The highest BCUT2D eigenvalue weighted by molar-refractivity contribution is 5.30. The van der Waals surface area contributed by atoms with Crippen LogP contribution in [0.4, 0.5) is 8.78 Å². The van der Waals surface area contributed by atoms with E-state index in [0.29, 0.717) is 12.3 Å². The fourth-order valence-electron chi connectivity index (χ4n) is 2.19. The van der Waals surface area contributed by atoms with Gasteiger partial charge in [-0.2, -0.15) is 0 Å². The van der Waals surface area contributed by atoms with E-state index in [1.807, 2.05) is 0 Å². The van der Waals surface area contributed by atoms with E-state index in [2.05, 4.69) is 33.0 Å². The zero-order valence-corrected chi connectivity index (χ0v) is 13.7. The predicted octanol–water partition coefficient (Wildman–Crippen LogP) is 4.18. The molecular formula is C17H27F2NO. The molecule has 0 aliphatic carbocycles. The first-order valence-electron chi connectivity index (χ1n) is 7.48. The van der Waals surface area contributed by atoms with Gasteiger partial charge in [-0.1, -0.05) is 27.7 Å². The monoisotopic (exact) mass is 299 g/mol. The number of methoxy groups -OCH3 is 1. The summed E-state index contributed by atoms with van der Waals surface area (Å²) in [6.45, 7) is 10.3. The van der Waals surface area contributed by atoms with Gasteiger partial charge < -0.3 is 10.1 Å². The molecule has 2 nitrogen and oxygen atoms in total. The molecule has 0 aliphatic rings. The summed E-state index contributed by atoms with van der Waals surface area (Å²) in [6, 6.07) is 2.48. The Morgan fingerprint density at radius 1 is 1.19 bits per heavy atom. The lowest BCUT2D eigenvalue weighted by molar-refractivity contribution is 0.305. The Labute approximate surface area is 126 Å². The summed E-state index contributed by atoms with van der Waals surface area (Å²) in [6.07, 6.45) is 1.11. The number of hydrogen-bond donors (Lipinski definition) is 1. The highest BCUT2D eigenvalue weighted by atomic mass is 19.1. The molecule has 0 saturated carbocycles. The van der Waals surface area contributed by atoms with Gasteiger partial charge in [-0.25, -0.2) is 8.78 Å². The second-order valence-electron chi connectivity index (χ2n) is 6.76. The van der Waals surface area contributed by atoms with Crippen molar-refractivity contribution in [2.24, 2.45) is 11.3 Å². The van der Waals surface area contributed by atoms with Gasteiger partial charge in [0.15, 0.2) is 0 Å². The lowest BCUT2D eigenvalue weighted by atomic mass is 9.86. The van der Waals surface area contributed by atoms with Crippen LogP contribution in [0, 0.1) is 23.0 Å². The van der Waals surface area contributed by atoms with Crippen LogP contribution < -0.4 is 10.1 Å². The van der Waals surface area contributed by atoms with Crippen molar-refractivity contribution in [2.45, 2.75) is 40.5 Å². The van der Waals surface area contributed by atoms with Crippen LogP contribution in [0.2, 0.25) is 0 Å². The number of rotatable bonds is 8. The van der Waals surface area contributed by atoms with E-state index in [4.69, 9.17) is 4.74 Å². The minimum Gasteiger partial charge on any atom is -0.497 e. The van der Waals surface area contributed by atoms with Crippen LogP contribution in [0.1, 0.15) is 39.7 Å². The molecule has 1 N–H and O–H groups in total. The summed E-state index contributed by atoms with van der Waals surface area (Å²) in [5, 5.41) is 3.40. The highest BCUT2D eigenvalue weighted by Crippen LogP contribution is 2.26. The van der Waals surface area contributed by atoms with E-state index >= 15 is 0 Å². The molecule has 0 aliphatic heterocycles. The lowest BCUT2D eigenvalue weighted by Crippen LogP contribution is -2.32. The Hall–Kier alpha value is -1.16. The highest BCUT2D eigenvalue weighted by Gasteiger charge is 2.20. The third-order valence-corrected chi connectivity index (χ3v) is 3.56. The van der Waals surface area contributed by atoms with Gasteiger partial charge in [0.1, 0.15) is 17.4 Å². The molecule has 4 heteroatoms. The van der Waals surface area contributed by atoms with Crippen LogP contribution in [-0.2, 0) is 6.42 Å². The predicted molar refractivity (Wildman–Crippen MR) is 82.7 cm³/mol. The van der Waals surface area contributed by atoms with Gasteiger partial charge in [0.05, 0.1) is 7.11 Å². The minimum absolute atomic E-state index is 0.00625. The second-order valence-corrected chi connectivity index (χ2v) is 6.76. The Kier molecular flexibility index (Phi) is 6.59. The van der Waals surface area contributed by atoms with Crippen LogP contribution in [0.25, 0.3) is 0 Å². The van der Waals surface area contributed by atoms with Crippen molar-refractivity contribution in [3.63, 3.8) is 0 Å². The van der Waals surface area contributed by atoms with Crippen molar-refractivity contribution in [1.29, 1.82) is 0 Å². The van der Waals surface area contributed by atoms with Gasteiger partial charge >= 0.3 is 0 Å². The summed E-state index contributed by atoms with van der Waals surface area (Å²) < 4.78 is 32.7. The third-order valence-electron chi connectivity index (χ3n) is 3.56.